The third-order valence-electron chi connectivity index (χ3n) is 6.30. The molecule has 1 N–H and O–H groups in total. The standard InChI is InChI=1S/C22H28N4O2/c27-20-15-26(10-9-19(20)25-11-13-28-14-12-25)22-17-7-4-8-18(17)23-21(24-22)16-5-2-1-3-6-16/h1-3,5-6,19-20,27H,4,7-15H2/t19-,20-/m1/s1. The number of β-amino-alcohol motifs (C(OH)–C–C–N with tert-alkyl or cyclic N) is 1. The Hall–Kier alpha value is -2.02. The highest BCUT2D eigenvalue weighted by molar-refractivity contribution is 5.61. The van der Waals surface area contributed by atoms with Crippen LogP contribution in [0.4, 0.5) is 5.82 Å². The highest BCUT2D eigenvalue weighted by atomic mass is 16.5. The molecule has 6 nitrogen and oxygen atoms in total. The number of aryl methyl sites for hydroxylation is 1. The summed E-state index contributed by atoms with van der Waals surface area (Å²) in [5, 5.41) is 10.9. The van der Waals surface area contributed by atoms with Crippen molar-refractivity contribution in [2.24, 2.45) is 0 Å². The van der Waals surface area contributed by atoms with Crippen LogP contribution in [0.15, 0.2) is 30.3 Å². The lowest BCUT2D eigenvalue weighted by Gasteiger charge is -2.43. The topological polar surface area (TPSA) is 61.7 Å². The Morgan fingerprint density at radius 3 is 2.61 bits per heavy atom. The normalized spacial score (nSPS) is 25.7. The molecule has 1 aromatic carbocycles. The number of aromatic nitrogens is 2. The lowest BCUT2D eigenvalue weighted by atomic mass is 9.99. The molecule has 0 spiro atoms. The van der Waals surface area contributed by atoms with E-state index in [1.54, 1.807) is 0 Å². The van der Waals surface area contributed by atoms with Gasteiger partial charge in [-0.1, -0.05) is 30.3 Å². The third-order valence-corrected chi connectivity index (χ3v) is 6.30. The number of nitrogens with zero attached hydrogens (tertiary/aromatic N) is 4. The van der Waals surface area contributed by atoms with E-state index in [-0.39, 0.29) is 12.1 Å². The van der Waals surface area contributed by atoms with Gasteiger partial charge in [0.2, 0.25) is 0 Å². The number of ether oxygens (including phenoxy) is 1. The number of aliphatic hydroxyl groups is 1. The average molecular weight is 380 g/mol. The predicted molar refractivity (Wildman–Crippen MR) is 109 cm³/mol. The average Bonchev–Trinajstić information content (AvgIpc) is 3.23. The summed E-state index contributed by atoms with van der Waals surface area (Å²) in [6, 6.07) is 10.4. The number of benzene rings is 1. The third kappa shape index (κ3) is 3.41. The smallest absolute Gasteiger partial charge is 0.161 e. The Kier molecular flexibility index (Phi) is 5.01. The summed E-state index contributed by atoms with van der Waals surface area (Å²) in [7, 11) is 0. The molecule has 2 atom stereocenters. The van der Waals surface area contributed by atoms with E-state index in [9.17, 15) is 5.11 Å². The first-order valence-electron chi connectivity index (χ1n) is 10.5. The number of fused-ring (bicyclic) bond motifs is 1. The largest absolute Gasteiger partial charge is 0.390 e. The number of anilines is 1. The van der Waals surface area contributed by atoms with Gasteiger partial charge < -0.3 is 14.7 Å². The van der Waals surface area contributed by atoms with Gasteiger partial charge in [-0.3, -0.25) is 4.90 Å². The van der Waals surface area contributed by atoms with Gasteiger partial charge in [-0.2, -0.15) is 0 Å². The van der Waals surface area contributed by atoms with Gasteiger partial charge >= 0.3 is 0 Å². The summed E-state index contributed by atoms with van der Waals surface area (Å²) < 4.78 is 5.47. The molecule has 1 aromatic heterocycles. The highest BCUT2D eigenvalue weighted by Crippen LogP contribution is 2.33. The molecule has 1 aliphatic carbocycles. The Labute approximate surface area is 166 Å². The first-order valence-corrected chi connectivity index (χ1v) is 10.5. The minimum atomic E-state index is -0.362. The van der Waals surface area contributed by atoms with Crippen LogP contribution in [0, 0.1) is 0 Å². The quantitative estimate of drug-likeness (QED) is 0.878. The molecule has 148 valence electrons. The first-order chi connectivity index (χ1) is 13.8. The van der Waals surface area contributed by atoms with E-state index in [0.717, 1.165) is 75.7 Å². The summed E-state index contributed by atoms with van der Waals surface area (Å²) >= 11 is 0. The fraction of sp³-hybridized carbons (Fsp3) is 0.545. The molecule has 0 amide bonds. The van der Waals surface area contributed by atoms with Crippen molar-refractivity contribution in [2.75, 3.05) is 44.3 Å². The van der Waals surface area contributed by atoms with Crippen LogP contribution in [0.2, 0.25) is 0 Å². The molecule has 0 saturated carbocycles. The van der Waals surface area contributed by atoms with Crippen molar-refractivity contribution >= 4 is 5.82 Å². The summed E-state index contributed by atoms with van der Waals surface area (Å²) in [6.07, 6.45) is 3.80. The van der Waals surface area contributed by atoms with Crippen LogP contribution < -0.4 is 4.90 Å². The molecular formula is C22H28N4O2. The number of morpholine rings is 1. The number of piperidine rings is 1. The number of rotatable bonds is 3. The zero-order valence-corrected chi connectivity index (χ0v) is 16.3. The molecule has 0 bridgehead atoms. The maximum Gasteiger partial charge on any atom is 0.161 e. The second kappa shape index (κ2) is 7.78. The highest BCUT2D eigenvalue weighted by Gasteiger charge is 2.35. The fourth-order valence-electron chi connectivity index (χ4n) is 4.84. The molecule has 0 radical (unpaired) electrons. The van der Waals surface area contributed by atoms with E-state index >= 15 is 0 Å². The van der Waals surface area contributed by atoms with Gasteiger partial charge in [0.1, 0.15) is 5.82 Å². The second-order valence-electron chi connectivity index (χ2n) is 8.03. The van der Waals surface area contributed by atoms with Gasteiger partial charge in [0, 0.05) is 49.0 Å². The molecular weight excluding hydrogens is 352 g/mol. The van der Waals surface area contributed by atoms with Crippen molar-refractivity contribution in [3.63, 3.8) is 0 Å². The molecule has 2 aliphatic heterocycles. The van der Waals surface area contributed by atoms with Crippen molar-refractivity contribution in [3.8, 4) is 11.4 Å². The van der Waals surface area contributed by atoms with E-state index in [1.165, 1.54) is 11.3 Å². The summed E-state index contributed by atoms with van der Waals surface area (Å²) in [6.45, 7) is 4.95. The molecule has 2 saturated heterocycles. The van der Waals surface area contributed by atoms with Crippen LogP contribution in [0.1, 0.15) is 24.1 Å². The molecule has 6 heteroatoms. The molecule has 2 fully saturated rings. The zero-order valence-electron chi connectivity index (χ0n) is 16.3. The van der Waals surface area contributed by atoms with E-state index in [4.69, 9.17) is 14.7 Å². The number of aliphatic hydroxyl groups excluding tert-OH is 1. The van der Waals surface area contributed by atoms with Gasteiger partial charge in [0.25, 0.3) is 0 Å². The van der Waals surface area contributed by atoms with Crippen molar-refractivity contribution in [1.82, 2.24) is 14.9 Å². The van der Waals surface area contributed by atoms with Crippen molar-refractivity contribution in [1.29, 1.82) is 0 Å². The number of hydrogen-bond donors (Lipinski definition) is 1. The summed E-state index contributed by atoms with van der Waals surface area (Å²) in [4.78, 5) is 14.5. The Morgan fingerprint density at radius 2 is 1.82 bits per heavy atom. The van der Waals surface area contributed by atoms with Crippen LogP contribution in [0.25, 0.3) is 11.4 Å². The van der Waals surface area contributed by atoms with E-state index in [0.29, 0.717) is 6.54 Å². The Balaban J connectivity index is 1.41. The molecule has 28 heavy (non-hydrogen) atoms. The monoisotopic (exact) mass is 380 g/mol. The summed E-state index contributed by atoms with van der Waals surface area (Å²) in [5.74, 6) is 1.85. The van der Waals surface area contributed by atoms with Gasteiger partial charge in [0.15, 0.2) is 5.82 Å². The molecule has 2 aromatic rings. The van der Waals surface area contributed by atoms with Gasteiger partial charge in [-0.15, -0.1) is 0 Å². The molecule has 5 rings (SSSR count). The van der Waals surface area contributed by atoms with Crippen LogP contribution in [0.5, 0.6) is 0 Å². The Morgan fingerprint density at radius 1 is 1.00 bits per heavy atom. The van der Waals surface area contributed by atoms with E-state index < -0.39 is 0 Å². The van der Waals surface area contributed by atoms with E-state index in [2.05, 4.69) is 21.9 Å². The minimum Gasteiger partial charge on any atom is -0.390 e. The lowest BCUT2D eigenvalue weighted by molar-refractivity contribution is -0.0274. The Bertz CT molecular complexity index is 823. The van der Waals surface area contributed by atoms with Crippen molar-refractivity contribution in [2.45, 2.75) is 37.8 Å². The van der Waals surface area contributed by atoms with Crippen LogP contribution in [-0.2, 0) is 17.6 Å². The van der Waals surface area contributed by atoms with Gasteiger partial charge in [0.05, 0.1) is 19.3 Å². The second-order valence-corrected chi connectivity index (χ2v) is 8.03. The zero-order chi connectivity index (χ0) is 18.9. The van der Waals surface area contributed by atoms with Crippen LogP contribution in [-0.4, -0.2) is 71.5 Å². The van der Waals surface area contributed by atoms with Gasteiger partial charge in [-0.05, 0) is 25.7 Å². The van der Waals surface area contributed by atoms with Crippen LogP contribution in [0.3, 0.4) is 0 Å². The lowest BCUT2D eigenvalue weighted by Crippen LogP contribution is -2.57. The number of hydrogen-bond acceptors (Lipinski definition) is 6. The SMILES string of the molecule is O[C@@H]1CN(c2nc(-c3ccccc3)nc3c2CCC3)CC[C@H]1N1CCOCC1. The van der Waals surface area contributed by atoms with Crippen LogP contribution >= 0.6 is 0 Å². The van der Waals surface area contributed by atoms with Crippen molar-refractivity contribution < 1.29 is 9.84 Å². The molecule has 3 aliphatic rings. The first kappa shape index (κ1) is 18.0. The van der Waals surface area contributed by atoms with E-state index in [1.807, 2.05) is 18.2 Å². The molecule has 3 heterocycles. The van der Waals surface area contributed by atoms with Gasteiger partial charge in [-0.25, -0.2) is 9.97 Å². The maximum absolute atomic E-state index is 10.9. The molecule has 0 unspecified atom stereocenters. The minimum absolute atomic E-state index is 0.226. The summed E-state index contributed by atoms with van der Waals surface area (Å²) in [5.41, 5.74) is 3.53. The maximum atomic E-state index is 10.9. The fourth-order valence-corrected chi connectivity index (χ4v) is 4.84. The predicted octanol–water partition coefficient (Wildman–Crippen LogP) is 1.90. The van der Waals surface area contributed by atoms with Crippen molar-refractivity contribution in [3.05, 3.63) is 41.6 Å².